The first-order valence-corrected chi connectivity index (χ1v) is 15.0. The Morgan fingerprint density at radius 1 is 0.468 bits per heavy atom. The molecule has 0 saturated heterocycles. The van der Waals surface area contributed by atoms with Crippen LogP contribution < -0.4 is 4.90 Å². The van der Waals surface area contributed by atoms with E-state index in [1.165, 1.54) is 4.90 Å². The van der Waals surface area contributed by atoms with E-state index in [1.807, 2.05) is 60.7 Å². The van der Waals surface area contributed by atoms with Gasteiger partial charge in [-0.1, -0.05) is 121 Å². The number of anilines is 3. The van der Waals surface area contributed by atoms with E-state index in [2.05, 4.69) is 0 Å². The predicted molar refractivity (Wildman–Crippen MR) is 196 cm³/mol. The van der Waals surface area contributed by atoms with Crippen LogP contribution >= 0.6 is 0 Å². The Morgan fingerprint density at radius 3 is 2.21 bits per heavy atom. The molecule has 0 aliphatic heterocycles. The molecular formula is C44H27NO2. The Kier molecular flexibility index (Phi) is 3.74. The molecule has 10 rings (SSSR count). The third kappa shape index (κ3) is 3.93. The Morgan fingerprint density at radius 2 is 1.23 bits per heavy atom. The van der Waals surface area contributed by atoms with Crippen molar-refractivity contribution < 1.29 is 23.9 Å². The molecule has 0 saturated carbocycles. The van der Waals surface area contributed by atoms with Crippen LogP contribution in [0.2, 0.25) is 0 Å². The van der Waals surface area contributed by atoms with E-state index in [1.54, 1.807) is 36.4 Å². The maximum absolute atomic E-state index is 9.96. The predicted octanol–water partition coefficient (Wildman–Crippen LogP) is 12.9. The summed E-state index contributed by atoms with van der Waals surface area (Å²) in [6, 6.07) is 22.8. The largest absolute Gasteiger partial charge is 0.455 e. The molecular weight excluding hydrogens is 574 g/mol. The zero-order valence-electron chi connectivity index (χ0n) is 35.5. The maximum Gasteiger partial charge on any atom is 0.143 e. The van der Waals surface area contributed by atoms with Crippen molar-refractivity contribution in [2.75, 3.05) is 4.90 Å². The van der Waals surface area contributed by atoms with Gasteiger partial charge in [0.25, 0.3) is 0 Å². The molecule has 8 aromatic carbocycles. The highest BCUT2D eigenvalue weighted by atomic mass is 16.3. The molecule has 3 heteroatoms. The van der Waals surface area contributed by atoms with E-state index in [-0.39, 0.29) is 33.4 Å². The first-order chi connectivity index (χ1) is 27.9. The number of nitrogens with zero attached hydrogens (tertiary/aromatic N) is 1. The lowest BCUT2D eigenvalue weighted by atomic mass is 10.00. The van der Waals surface area contributed by atoms with E-state index in [0.29, 0.717) is 44.1 Å². The molecule has 0 aliphatic carbocycles. The van der Waals surface area contributed by atoms with Gasteiger partial charge in [-0.2, -0.15) is 0 Å². The van der Waals surface area contributed by atoms with Crippen LogP contribution in [0, 0.1) is 0 Å². The second kappa shape index (κ2) is 10.1. The zero-order valence-corrected chi connectivity index (χ0v) is 24.5. The van der Waals surface area contributed by atoms with Crippen LogP contribution in [0.1, 0.15) is 15.1 Å². The molecule has 2 heterocycles. The van der Waals surface area contributed by atoms with Crippen LogP contribution in [-0.2, 0) is 0 Å². The summed E-state index contributed by atoms with van der Waals surface area (Å²) in [5, 5.41) is 3.67. The molecule has 10 aromatic rings. The van der Waals surface area contributed by atoms with Gasteiger partial charge in [0.1, 0.15) is 22.3 Å². The summed E-state index contributed by atoms with van der Waals surface area (Å²) < 4.78 is 113. The third-order valence-electron chi connectivity index (χ3n) is 8.63. The summed E-state index contributed by atoms with van der Waals surface area (Å²) in [7, 11) is 0. The van der Waals surface area contributed by atoms with Crippen LogP contribution in [0.4, 0.5) is 17.1 Å². The molecule has 220 valence electrons. The molecule has 0 radical (unpaired) electrons. The minimum Gasteiger partial charge on any atom is -0.455 e. The number of hydrogen-bond donors (Lipinski definition) is 0. The number of hydrogen-bond acceptors (Lipinski definition) is 3. The fourth-order valence-electron chi connectivity index (χ4n) is 6.57. The van der Waals surface area contributed by atoms with E-state index >= 15 is 0 Å². The van der Waals surface area contributed by atoms with Crippen LogP contribution in [0.3, 0.4) is 0 Å². The topological polar surface area (TPSA) is 29.5 Å². The number of furan rings is 2. The second-order valence-corrected chi connectivity index (χ2v) is 11.2. The number of fused-ring (bicyclic) bond motifs is 9. The quantitative estimate of drug-likeness (QED) is 0.198. The highest BCUT2D eigenvalue weighted by Gasteiger charge is 2.22. The molecule has 0 bridgehead atoms. The van der Waals surface area contributed by atoms with E-state index < -0.39 is 66.5 Å². The second-order valence-electron chi connectivity index (χ2n) is 11.2. The molecule has 2 aromatic heterocycles. The fraction of sp³-hybridized carbons (Fsp3) is 0. The van der Waals surface area contributed by atoms with E-state index in [9.17, 15) is 6.85 Å². The van der Waals surface area contributed by atoms with Gasteiger partial charge in [0.15, 0.2) is 0 Å². The van der Waals surface area contributed by atoms with Crippen molar-refractivity contribution >= 4 is 82.5 Å². The molecule has 0 aliphatic rings. The Bertz CT molecular complexity index is 3440. The van der Waals surface area contributed by atoms with Crippen LogP contribution in [-0.4, -0.2) is 0 Å². The van der Waals surface area contributed by atoms with Crippen molar-refractivity contribution in [2.45, 2.75) is 0 Å². The highest BCUT2D eigenvalue weighted by Crippen LogP contribution is 2.47. The Balaban J connectivity index is 1.41. The molecule has 0 atom stereocenters. The Labute approximate surface area is 285 Å². The molecule has 0 unspecified atom stereocenters. The third-order valence-corrected chi connectivity index (χ3v) is 8.63. The van der Waals surface area contributed by atoms with Crippen molar-refractivity contribution in [3.8, 4) is 11.1 Å². The molecule has 0 N–H and O–H groups in total. The minimum atomic E-state index is -0.652. The van der Waals surface area contributed by atoms with Gasteiger partial charge in [0, 0.05) is 38.2 Å². The van der Waals surface area contributed by atoms with Crippen molar-refractivity contribution in [3.63, 3.8) is 0 Å². The summed E-state index contributed by atoms with van der Waals surface area (Å²) >= 11 is 0. The van der Waals surface area contributed by atoms with Gasteiger partial charge in [-0.3, -0.25) is 0 Å². The fourth-order valence-corrected chi connectivity index (χ4v) is 6.57. The lowest BCUT2D eigenvalue weighted by molar-refractivity contribution is 0.670. The summed E-state index contributed by atoms with van der Waals surface area (Å²) in [5.74, 6) is 0. The van der Waals surface area contributed by atoms with Crippen LogP contribution in [0.15, 0.2) is 172 Å². The summed E-state index contributed by atoms with van der Waals surface area (Å²) in [6.45, 7) is 0. The van der Waals surface area contributed by atoms with Gasteiger partial charge in [0.05, 0.1) is 31.8 Å². The molecule has 47 heavy (non-hydrogen) atoms. The van der Waals surface area contributed by atoms with Crippen molar-refractivity contribution in [1.82, 2.24) is 0 Å². The van der Waals surface area contributed by atoms with Crippen LogP contribution in [0.25, 0.3) is 76.5 Å². The molecule has 3 nitrogen and oxygen atoms in total. The van der Waals surface area contributed by atoms with Gasteiger partial charge in [-0.05, 0) is 58.7 Å². The normalized spacial score (nSPS) is 15.1. The molecule has 0 amide bonds. The maximum atomic E-state index is 9.96. The summed E-state index contributed by atoms with van der Waals surface area (Å²) in [4.78, 5) is 1.31. The number of benzene rings is 8. The number of rotatable bonds is 4. The Hall–Kier alpha value is -6.32. The molecule has 0 spiro atoms. The zero-order chi connectivity index (χ0) is 40.5. The van der Waals surface area contributed by atoms with Crippen LogP contribution in [0.5, 0.6) is 0 Å². The van der Waals surface area contributed by atoms with Crippen molar-refractivity contribution in [3.05, 3.63) is 164 Å². The lowest BCUT2D eigenvalue weighted by Crippen LogP contribution is -2.11. The SMILES string of the molecule is [2H]c1c([2H])c(-c2cccc3c2oc2ccccc23)c([2H])c(N(c2c([2H])c([2H])c([2H])c3c([2H])c([2H])c([2H])c([2H])c23)c2cccc3oc4c5ccccc5ccc4c23)c1[2H]. The molecule has 0 fully saturated rings. The summed E-state index contributed by atoms with van der Waals surface area (Å²) in [6.07, 6.45) is 0. The van der Waals surface area contributed by atoms with Gasteiger partial charge in [-0.15, -0.1) is 0 Å². The van der Waals surface area contributed by atoms with Gasteiger partial charge >= 0.3 is 0 Å². The number of para-hydroxylation sites is 2. The smallest absolute Gasteiger partial charge is 0.143 e. The average molecular weight is 613 g/mol. The summed E-state index contributed by atoms with van der Waals surface area (Å²) in [5.41, 5.74) is 1.67. The average Bonchev–Trinajstić information content (AvgIpc) is 3.82. The van der Waals surface area contributed by atoms with Crippen molar-refractivity contribution in [2.24, 2.45) is 0 Å². The first-order valence-electron chi connectivity index (χ1n) is 20.5. The van der Waals surface area contributed by atoms with Gasteiger partial charge < -0.3 is 13.7 Å². The lowest BCUT2D eigenvalue weighted by Gasteiger charge is -2.28. The minimum absolute atomic E-state index is 0.0539. The standard InChI is InChI=1S/C44H27NO2/c1-3-16-32-28(11-1)13-8-21-38(32)45(39-22-10-24-41-42(39)37-26-25-29-12-2-4-17-33(29)44(37)47-41)31-15-7-14-30(27-31)34-19-9-20-36-35-18-5-6-23-40(35)46-43(34)36/h1-27H/i1D,3D,7D,8D,11D,13D,14D,15D,16D,21D,27D. The van der Waals surface area contributed by atoms with E-state index in [0.717, 1.165) is 16.2 Å². The monoisotopic (exact) mass is 612 g/mol. The highest BCUT2D eigenvalue weighted by molar-refractivity contribution is 6.20. The first kappa shape index (κ1) is 17.4. The van der Waals surface area contributed by atoms with E-state index in [4.69, 9.17) is 17.1 Å². The van der Waals surface area contributed by atoms with Crippen molar-refractivity contribution in [1.29, 1.82) is 0 Å². The van der Waals surface area contributed by atoms with Gasteiger partial charge in [0.2, 0.25) is 0 Å². The van der Waals surface area contributed by atoms with Gasteiger partial charge in [-0.25, -0.2) is 0 Å².